The van der Waals surface area contributed by atoms with E-state index >= 15 is 0 Å². The van der Waals surface area contributed by atoms with E-state index in [1.165, 1.54) is 0 Å². The third kappa shape index (κ3) is 5.43. The molecule has 2 atom stereocenters. The van der Waals surface area contributed by atoms with Crippen molar-refractivity contribution in [2.24, 2.45) is 5.92 Å². The van der Waals surface area contributed by atoms with Gasteiger partial charge >= 0.3 is 5.97 Å². The highest BCUT2D eigenvalue weighted by atomic mass is 79.9. The molecule has 2 aromatic carbocycles. The Morgan fingerprint density at radius 1 is 1.08 bits per heavy atom. The van der Waals surface area contributed by atoms with Gasteiger partial charge in [0.1, 0.15) is 0 Å². The fourth-order valence-corrected chi connectivity index (χ4v) is 2.95. The Morgan fingerprint density at radius 3 is 2.36 bits per heavy atom. The molecule has 2 aromatic rings. The van der Waals surface area contributed by atoms with Crippen molar-refractivity contribution >= 4 is 33.5 Å². The molecule has 0 saturated carbocycles. The number of amides is 1. The van der Waals surface area contributed by atoms with E-state index in [9.17, 15) is 9.59 Å². The van der Waals surface area contributed by atoms with Gasteiger partial charge in [-0.25, -0.2) is 0 Å². The summed E-state index contributed by atoms with van der Waals surface area (Å²) in [6, 6.07) is 16.8. The van der Waals surface area contributed by atoms with Crippen molar-refractivity contribution in [3.05, 3.63) is 64.6 Å². The van der Waals surface area contributed by atoms with Crippen molar-refractivity contribution in [1.82, 2.24) is 0 Å². The molecular weight excluding hydrogens is 382 g/mol. The average Bonchev–Trinajstić information content (AvgIpc) is 2.63. The fraction of sp³-hybridized carbons (Fsp3) is 0.300. The number of benzene rings is 2. The number of halogens is 1. The van der Waals surface area contributed by atoms with Crippen LogP contribution in [0.5, 0.6) is 0 Å². The van der Waals surface area contributed by atoms with Gasteiger partial charge in [0.2, 0.25) is 0 Å². The Labute approximate surface area is 156 Å². The zero-order chi connectivity index (χ0) is 18.2. The molecule has 4 nitrogen and oxygen atoms in total. The Morgan fingerprint density at radius 2 is 1.72 bits per heavy atom. The highest BCUT2D eigenvalue weighted by molar-refractivity contribution is 9.10. The lowest BCUT2D eigenvalue weighted by Gasteiger charge is -2.21. The van der Waals surface area contributed by atoms with Crippen LogP contribution >= 0.6 is 15.9 Å². The molecule has 2 rings (SSSR count). The maximum absolute atomic E-state index is 12.6. The van der Waals surface area contributed by atoms with Crippen molar-refractivity contribution in [2.45, 2.75) is 26.2 Å². The maximum atomic E-state index is 12.6. The average molecular weight is 404 g/mol. The lowest BCUT2D eigenvalue weighted by Crippen LogP contribution is -2.27. The van der Waals surface area contributed by atoms with Crippen LogP contribution in [0.25, 0.3) is 0 Å². The molecule has 0 fully saturated rings. The first-order chi connectivity index (χ1) is 12.0. The van der Waals surface area contributed by atoms with Crippen molar-refractivity contribution in [3.63, 3.8) is 0 Å². The molecule has 1 N–H and O–H groups in total. The van der Waals surface area contributed by atoms with E-state index in [-0.39, 0.29) is 30.3 Å². The summed E-state index contributed by atoms with van der Waals surface area (Å²) in [7, 11) is 0. The first kappa shape index (κ1) is 19.2. The SMILES string of the molecule is CC[C@@H](C)[C@H](C(=O)OCC(=O)Nc1ccccc1Br)c1ccccc1. The second-order valence-corrected chi connectivity index (χ2v) is 6.76. The summed E-state index contributed by atoms with van der Waals surface area (Å²) >= 11 is 3.36. The number of esters is 1. The largest absolute Gasteiger partial charge is 0.455 e. The van der Waals surface area contributed by atoms with E-state index in [1.807, 2.05) is 62.4 Å². The molecule has 0 aliphatic rings. The van der Waals surface area contributed by atoms with Gasteiger partial charge in [0.05, 0.1) is 11.6 Å². The number of para-hydroxylation sites is 1. The maximum Gasteiger partial charge on any atom is 0.314 e. The molecule has 0 bridgehead atoms. The summed E-state index contributed by atoms with van der Waals surface area (Å²) in [5.74, 6) is -0.984. The number of nitrogens with one attached hydrogen (secondary N) is 1. The second kappa shape index (κ2) is 9.37. The van der Waals surface area contributed by atoms with Crippen LogP contribution < -0.4 is 5.32 Å². The first-order valence-corrected chi connectivity index (χ1v) is 9.08. The normalized spacial score (nSPS) is 12.9. The standard InChI is InChI=1S/C20H22BrNO3/c1-3-14(2)19(15-9-5-4-6-10-15)20(24)25-13-18(23)22-17-12-8-7-11-16(17)21/h4-12,14,19H,3,13H2,1-2H3,(H,22,23)/t14-,19+/m1/s1. The van der Waals surface area contributed by atoms with Crippen molar-refractivity contribution < 1.29 is 14.3 Å². The number of rotatable bonds is 7. The lowest BCUT2D eigenvalue weighted by atomic mass is 9.86. The van der Waals surface area contributed by atoms with Crippen LogP contribution in [0.3, 0.4) is 0 Å². The third-order valence-corrected chi connectivity index (χ3v) is 4.81. The number of carbonyl (C=O) groups excluding carboxylic acids is 2. The van der Waals surface area contributed by atoms with Crippen LogP contribution in [0.4, 0.5) is 5.69 Å². The Hall–Kier alpha value is -2.14. The first-order valence-electron chi connectivity index (χ1n) is 8.29. The topological polar surface area (TPSA) is 55.4 Å². The molecule has 5 heteroatoms. The summed E-state index contributed by atoms with van der Waals surface area (Å²) < 4.78 is 6.06. The summed E-state index contributed by atoms with van der Waals surface area (Å²) in [5.41, 5.74) is 1.55. The lowest BCUT2D eigenvalue weighted by molar-refractivity contribution is -0.150. The number of anilines is 1. The summed E-state index contributed by atoms with van der Waals surface area (Å²) in [5, 5.41) is 2.72. The summed E-state index contributed by atoms with van der Waals surface area (Å²) in [6.07, 6.45) is 0.845. The highest BCUT2D eigenvalue weighted by Crippen LogP contribution is 2.28. The van der Waals surface area contributed by atoms with E-state index < -0.39 is 0 Å². The zero-order valence-corrected chi connectivity index (χ0v) is 16.0. The smallest absolute Gasteiger partial charge is 0.314 e. The second-order valence-electron chi connectivity index (χ2n) is 5.91. The van der Waals surface area contributed by atoms with E-state index in [2.05, 4.69) is 21.2 Å². The van der Waals surface area contributed by atoms with Gasteiger partial charge in [-0.3, -0.25) is 9.59 Å². The van der Waals surface area contributed by atoms with E-state index in [4.69, 9.17) is 4.74 Å². The van der Waals surface area contributed by atoms with E-state index in [1.54, 1.807) is 6.07 Å². The van der Waals surface area contributed by atoms with Gasteiger partial charge in [0.15, 0.2) is 6.61 Å². The molecule has 132 valence electrons. The molecular formula is C20H22BrNO3. The summed E-state index contributed by atoms with van der Waals surface area (Å²) in [4.78, 5) is 24.6. The molecule has 0 aliphatic carbocycles. The van der Waals surface area contributed by atoms with Crippen molar-refractivity contribution in [2.75, 3.05) is 11.9 Å². The van der Waals surface area contributed by atoms with Crippen molar-refractivity contribution in [3.8, 4) is 0 Å². The van der Waals surface area contributed by atoms with Gasteiger partial charge in [-0.15, -0.1) is 0 Å². The summed E-state index contributed by atoms with van der Waals surface area (Å²) in [6.45, 7) is 3.74. The van der Waals surface area contributed by atoms with Crippen LogP contribution in [0.2, 0.25) is 0 Å². The van der Waals surface area contributed by atoms with Gasteiger partial charge in [-0.05, 0) is 39.5 Å². The third-order valence-electron chi connectivity index (χ3n) is 4.12. The van der Waals surface area contributed by atoms with Crippen LogP contribution in [-0.2, 0) is 14.3 Å². The van der Waals surface area contributed by atoms with Crippen LogP contribution in [0.1, 0.15) is 31.7 Å². The Balaban J connectivity index is 1.99. The van der Waals surface area contributed by atoms with Crippen LogP contribution in [-0.4, -0.2) is 18.5 Å². The number of hydrogen-bond acceptors (Lipinski definition) is 3. The molecule has 0 saturated heterocycles. The number of carbonyl (C=O) groups is 2. The minimum atomic E-state index is -0.373. The quantitative estimate of drug-likeness (QED) is 0.677. The predicted octanol–water partition coefficient (Wildman–Crippen LogP) is 4.76. The highest BCUT2D eigenvalue weighted by Gasteiger charge is 2.27. The number of hydrogen-bond donors (Lipinski definition) is 1. The molecule has 0 aliphatic heterocycles. The molecule has 0 radical (unpaired) electrons. The minimum absolute atomic E-state index is 0.126. The molecule has 25 heavy (non-hydrogen) atoms. The van der Waals surface area contributed by atoms with Crippen LogP contribution in [0, 0.1) is 5.92 Å². The Kier molecular flexibility index (Phi) is 7.19. The van der Waals surface area contributed by atoms with Gasteiger partial charge < -0.3 is 10.1 Å². The Bertz CT molecular complexity index is 718. The van der Waals surface area contributed by atoms with Gasteiger partial charge in [0.25, 0.3) is 5.91 Å². The van der Waals surface area contributed by atoms with Crippen LogP contribution in [0.15, 0.2) is 59.1 Å². The van der Waals surface area contributed by atoms with Gasteiger partial charge in [0, 0.05) is 4.47 Å². The van der Waals surface area contributed by atoms with E-state index in [0.29, 0.717) is 5.69 Å². The molecule has 0 heterocycles. The molecule has 0 aromatic heterocycles. The monoisotopic (exact) mass is 403 g/mol. The fourth-order valence-electron chi connectivity index (χ4n) is 2.57. The molecule has 1 amide bonds. The zero-order valence-electron chi connectivity index (χ0n) is 14.4. The van der Waals surface area contributed by atoms with Crippen molar-refractivity contribution in [1.29, 1.82) is 0 Å². The van der Waals surface area contributed by atoms with Gasteiger partial charge in [-0.2, -0.15) is 0 Å². The van der Waals surface area contributed by atoms with Gasteiger partial charge in [-0.1, -0.05) is 62.7 Å². The number of ether oxygens (including phenoxy) is 1. The molecule has 0 unspecified atom stereocenters. The minimum Gasteiger partial charge on any atom is -0.455 e. The molecule has 0 spiro atoms. The predicted molar refractivity (Wildman–Crippen MR) is 102 cm³/mol. The van der Waals surface area contributed by atoms with E-state index in [0.717, 1.165) is 16.5 Å².